The fraction of sp³-hybridized carbons (Fsp3) is 0. The second-order valence-corrected chi connectivity index (χ2v) is 4.32. The van der Waals surface area contributed by atoms with Gasteiger partial charge in [0.1, 0.15) is 11.3 Å². The fourth-order valence-electron chi connectivity index (χ4n) is 1.81. The molecule has 1 aromatic carbocycles. The van der Waals surface area contributed by atoms with Crippen molar-refractivity contribution in [2.45, 2.75) is 0 Å². The summed E-state index contributed by atoms with van der Waals surface area (Å²) in [6.45, 7) is 0. The van der Waals surface area contributed by atoms with Crippen LogP contribution in [0.1, 0.15) is 10.5 Å². The van der Waals surface area contributed by atoms with Crippen LogP contribution in [0.25, 0.3) is 22.4 Å². The van der Waals surface area contributed by atoms with E-state index >= 15 is 0 Å². The number of rotatable bonds is 2. The topological polar surface area (TPSA) is 66.2 Å². The fourth-order valence-corrected chi connectivity index (χ4v) is 1.99. The van der Waals surface area contributed by atoms with E-state index in [1.54, 1.807) is 24.3 Å². The molecule has 0 atom stereocenters. The Hall–Kier alpha value is -2.20. The summed E-state index contributed by atoms with van der Waals surface area (Å²) in [5.41, 5.74) is 1.46. The zero-order valence-corrected chi connectivity index (χ0v) is 9.86. The van der Waals surface area contributed by atoms with Gasteiger partial charge in [0.15, 0.2) is 5.76 Å². The van der Waals surface area contributed by atoms with E-state index in [-0.39, 0.29) is 5.69 Å². The molecule has 0 amide bonds. The van der Waals surface area contributed by atoms with Gasteiger partial charge in [-0.3, -0.25) is 0 Å². The number of H-pyrrole nitrogens is 1. The third kappa shape index (κ3) is 1.76. The molecule has 3 aromatic rings. The number of carbonyl (C=O) groups is 1. The summed E-state index contributed by atoms with van der Waals surface area (Å²) in [6.07, 6.45) is 0. The summed E-state index contributed by atoms with van der Waals surface area (Å²) in [6, 6.07) is 10.3. The second-order valence-electron chi connectivity index (χ2n) is 3.88. The first-order valence-electron chi connectivity index (χ1n) is 5.25. The van der Waals surface area contributed by atoms with Crippen LogP contribution in [0, 0.1) is 0 Å². The van der Waals surface area contributed by atoms with E-state index in [0.717, 1.165) is 5.39 Å². The SMILES string of the molecule is O=C(O)c1ccc(-c2cc3cc(Cl)ccc3o2)[nH]1. The molecule has 4 nitrogen and oxygen atoms in total. The molecule has 0 saturated heterocycles. The van der Waals surface area contributed by atoms with Crippen molar-refractivity contribution < 1.29 is 14.3 Å². The van der Waals surface area contributed by atoms with Crippen molar-refractivity contribution in [1.29, 1.82) is 0 Å². The lowest BCUT2D eigenvalue weighted by Crippen LogP contribution is -1.95. The number of aromatic carboxylic acids is 1. The van der Waals surface area contributed by atoms with Crippen molar-refractivity contribution in [2.75, 3.05) is 0 Å². The number of halogens is 1. The Morgan fingerprint density at radius 2 is 2.06 bits per heavy atom. The van der Waals surface area contributed by atoms with Gasteiger partial charge in [0.2, 0.25) is 0 Å². The minimum atomic E-state index is -1.000. The smallest absolute Gasteiger partial charge is 0.352 e. The third-order valence-electron chi connectivity index (χ3n) is 2.66. The van der Waals surface area contributed by atoms with Crippen LogP contribution in [0.4, 0.5) is 0 Å². The van der Waals surface area contributed by atoms with Crippen molar-refractivity contribution in [3.05, 3.63) is 47.1 Å². The van der Waals surface area contributed by atoms with Crippen LogP contribution in [0.3, 0.4) is 0 Å². The first-order valence-corrected chi connectivity index (χ1v) is 5.63. The lowest BCUT2D eigenvalue weighted by atomic mass is 10.2. The molecule has 0 saturated carbocycles. The van der Waals surface area contributed by atoms with Gasteiger partial charge in [0, 0.05) is 10.4 Å². The molecule has 5 heteroatoms. The number of hydrogen-bond acceptors (Lipinski definition) is 2. The summed E-state index contributed by atoms with van der Waals surface area (Å²) < 4.78 is 5.62. The zero-order valence-electron chi connectivity index (χ0n) is 9.11. The van der Waals surface area contributed by atoms with Crippen molar-refractivity contribution in [3.63, 3.8) is 0 Å². The number of carboxylic acid groups (broad SMARTS) is 1. The van der Waals surface area contributed by atoms with Crippen LogP contribution >= 0.6 is 11.6 Å². The monoisotopic (exact) mass is 261 g/mol. The van der Waals surface area contributed by atoms with E-state index in [1.165, 1.54) is 6.07 Å². The standard InChI is InChI=1S/C13H8ClNO3/c14-8-1-4-11-7(5-8)6-12(18-11)9-2-3-10(15-9)13(16)17/h1-6,15H,(H,16,17). The molecule has 2 heterocycles. The van der Waals surface area contributed by atoms with E-state index in [0.29, 0.717) is 22.1 Å². The normalized spacial score (nSPS) is 10.9. The molecule has 0 fully saturated rings. The predicted octanol–water partition coefficient (Wildman–Crippen LogP) is 3.78. The Kier molecular flexibility index (Phi) is 2.38. The minimum Gasteiger partial charge on any atom is -0.477 e. The number of furan rings is 1. The first kappa shape index (κ1) is 10.9. The molecule has 0 spiro atoms. The highest BCUT2D eigenvalue weighted by Gasteiger charge is 2.11. The van der Waals surface area contributed by atoms with E-state index < -0.39 is 5.97 Å². The van der Waals surface area contributed by atoms with Crippen LogP contribution in [0.15, 0.2) is 40.8 Å². The van der Waals surface area contributed by atoms with Gasteiger partial charge in [-0.1, -0.05) is 11.6 Å². The molecule has 0 aliphatic rings. The Labute approximate surface area is 107 Å². The molecule has 0 radical (unpaired) electrons. The summed E-state index contributed by atoms with van der Waals surface area (Å²) in [5.74, 6) is -0.417. The predicted molar refractivity (Wildman–Crippen MR) is 68.0 cm³/mol. The van der Waals surface area contributed by atoms with Crippen LogP contribution in [-0.2, 0) is 0 Å². The van der Waals surface area contributed by atoms with E-state index in [9.17, 15) is 4.79 Å². The van der Waals surface area contributed by atoms with Crippen molar-refractivity contribution in [3.8, 4) is 11.5 Å². The molecule has 0 bridgehead atoms. The number of aromatic amines is 1. The van der Waals surface area contributed by atoms with Crippen LogP contribution in [0.5, 0.6) is 0 Å². The van der Waals surface area contributed by atoms with E-state index in [4.69, 9.17) is 21.1 Å². The number of benzene rings is 1. The third-order valence-corrected chi connectivity index (χ3v) is 2.90. The molecule has 0 aliphatic heterocycles. The molecular weight excluding hydrogens is 254 g/mol. The van der Waals surface area contributed by atoms with Gasteiger partial charge in [-0.2, -0.15) is 0 Å². The molecule has 18 heavy (non-hydrogen) atoms. The lowest BCUT2D eigenvalue weighted by molar-refractivity contribution is 0.0691. The van der Waals surface area contributed by atoms with Gasteiger partial charge in [0.05, 0.1) is 5.69 Å². The number of carboxylic acids is 1. The summed E-state index contributed by atoms with van der Waals surface area (Å²) in [5, 5.41) is 10.4. The van der Waals surface area contributed by atoms with Crippen LogP contribution < -0.4 is 0 Å². The Balaban J connectivity index is 2.10. The van der Waals surface area contributed by atoms with Gasteiger partial charge in [0.25, 0.3) is 0 Å². The summed E-state index contributed by atoms with van der Waals surface area (Å²) in [7, 11) is 0. The van der Waals surface area contributed by atoms with Crippen molar-refractivity contribution in [2.24, 2.45) is 0 Å². The molecule has 0 aliphatic carbocycles. The van der Waals surface area contributed by atoms with Gasteiger partial charge in [-0.15, -0.1) is 0 Å². The highest BCUT2D eigenvalue weighted by molar-refractivity contribution is 6.31. The Morgan fingerprint density at radius 1 is 1.22 bits per heavy atom. The molecule has 2 N–H and O–H groups in total. The van der Waals surface area contributed by atoms with Gasteiger partial charge in [-0.05, 0) is 36.4 Å². The quantitative estimate of drug-likeness (QED) is 0.738. The Morgan fingerprint density at radius 3 is 2.78 bits per heavy atom. The van der Waals surface area contributed by atoms with Crippen molar-refractivity contribution in [1.82, 2.24) is 4.98 Å². The molecule has 0 unspecified atom stereocenters. The van der Waals surface area contributed by atoms with Crippen LogP contribution in [0.2, 0.25) is 5.02 Å². The highest BCUT2D eigenvalue weighted by Crippen LogP contribution is 2.29. The molecule has 90 valence electrons. The van der Waals surface area contributed by atoms with Crippen LogP contribution in [-0.4, -0.2) is 16.1 Å². The number of hydrogen-bond donors (Lipinski definition) is 2. The van der Waals surface area contributed by atoms with Gasteiger partial charge < -0.3 is 14.5 Å². The van der Waals surface area contributed by atoms with E-state index in [1.807, 2.05) is 6.07 Å². The zero-order chi connectivity index (χ0) is 12.7. The van der Waals surface area contributed by atoms with Crippen molar-refractivity contribution >= 4 is 28.5 Å². The Bertz CT molecular complexity index is 742. The average Bonchev–Trinajstić information content (AvgIpc) is 2.93. The van der Waals surface area contributed by atoms with E-state index in [2.05, 4.69) is 4.98 Å². The van der Waals surface area contributed by atoms with Gasteiger partial charge in [-0.25, -0.2) is 4.79 Å². The van der Waals surface area contributed by atoms with Gasteiger partial charge >= 0.3 is 5.97 Å². The maximum Gasteiger partial charge on any atom is 0.352 e. The highest BCUT2D eigenvalue weighted by atomic mass is 35.5. The second kappa shape index (κ2) is 3.92. The first-order chi connectivity index (χ1) is 8.63. The summed E-state index contributed by atoms with van der Waals surface area (Å²) in [4.78, 5) is 13.6. The molecular formula is C13H8ClNO3. The number of fused-ring (bicyclic) bond motifs is 1. The number of aromatic nitrogens is 1. The average molecular weight is 262 g/mol. The maximum absolute atomic E-state index is 10.8. The minimum absolute atomic E-state index is 0.128. The molecule has 2 aromatic heterocycles. The lowest BCUT2D eigenvalue weighted by Gasteiger charge is -1.90. The molecule has 3 rings (SSSR count). The maximum atomic E-state index is 10.8. The summed E-state index contributed by atoms with van der Waals surface area (Å²) >= 11 is 5.89. The largest absolute Gasteiger partial charge is 0.477 e. The number of nitrogens with one attached hydrogen (secondary N) is 1.